The van der Waals surface area contributed by atoms with Gasteiger partial charge in [-0.25, -0.2) is 8.42 Å². The predicted octanol–water partition coefficient (Wildman–Crippen LogP) is 4.27. The summed E-state index contributed by atoms with van der Waals surface area (Å²) in [5, 5.41) is 3.06. The van der Waals surface area contributed by atoms with Gasteiger partial charge in [0.05, 0.1) is 4.90 Å². The molecule has 1 fully saturated rings. The Bertz CT molecular complexity index is 695. The molecule has 6 heteroatoms. The van der Waals surface area contributed by atoms with Crippen LogP contribution in [0.4, 0.5) is 0 Å². The van der Waals surface area contributed by atoms with E-state index in [0.29, 0.717) is 30.8 Å². The second-order valence-corrected chi connectivity index (χ2v) is 9.86. The number of unbranched alkanes of at least 4 members (excludes halogenated alkanes) is 3. The number of benzene rings is 1. The van der Waals surface area contributed by atoms with Crippen molar-refractivity contribution in [2.45, 2.75) is 89.0 Å². The number of aryl methyl sites for hydroxylation is 1. The first-order valence-electron chi connectivity index (χ1n) is 10.8. The van der Waals surface area contributed by atoms with Crippen molar-refractivity contribution in [3.63, 3.8) is 0 Å². The lowest BCUT2D eigenvalue weighted by Crippen LogP contribution is -2.35. The smallest absolute Gasteiger partial charge is 0.243 e. The molecule has 1 aliphatic rings. The maximum Gasteiger partial charge on any atom is 0.243 e. The van der Waals surface area contributed by atoms with Gasteiger partial charge in [-0.15, -0.1) is 0 Å². The van der Waals surface area contributed by atoms with Gasteiger partial charge >= 0.3 is 0 Å². The Hall–Kier alpha value is -1.40. The summed E-state index contributed by atoms with van der Waals surface area (Å²) in [6, 6.07) is 7.22. The van der Waals surface area contributed by atoms with Gasteiger partial charge in [-0.2, -0.15) is 4.31 Å². The molecule has 2 rings (SSSR count). The van der Waals surface area contributed by atoms with Crippen molar-refractivity contribution in [1.29, 1.82) is 0 Å². The maximum absolute atomic E-state index is 12.7. The van der Waals surface area contributed by atoms with Gasteiger partial charge in [0.25, 0.3) is 0 Å². The zero-order valence-corrected chi connectivity index (χ0v) is 18.3. The van der Waals surface area contributed by atoms with Crippen LogP contribution in [0.3, 0.4) is 0 Å². The standard InChI is InChI=1S/C22H36N2O3S/c1-3-4-5-7-10-19(2)23-22(25)16-13-20-11-14-21(15-12-20)28(26,27)24-17-8-6-9-18-24/h11-12,14-15,19H,3-10,13,16-18H2,1-2H3,(H,23,25). The van der Waals surface area contributed by atoms with Crippen LogP contribution in [0.1, 0.15) is 77.2 Å². The summed E-state index contributed by atoms with van der Waals surface area (Å²) in [6.45, 7) is 5.48. The Morgan fingerprint density at radius 1 is 1.07 bits per heavy atom. The number of amides is 1. The molecule has 5 nitrogen and oxygen atoms in total. The van der Waals surface area contributed by atoms with Gasteiger partial charge in [0.15, 0.2) is 0 Å². The third-order valence-corrected chi connectivity index (χ3v) is 7.33. The molecule has 1 unspecified atom stereocenters. The number of hydrogen-bond acceptors (Lipinski definition) is 3. The lowest BCUT2D eigenvalue weighted by molar-refractivity contribution is -0.121. The fraction of sp³-hybridized carbons (Fsp3) is 0.682. The average molecular weight is 409 g/mol. The molecule has 1 amide bonds. The summed E-state index contributed by atoms with van der Waals surface area (Å²) in [4.78, 5) is 12.5. The van der Waals surface area contributed by atoms with E-state index in [2.05, 4.69) is 19.2 Å². The van der Waals surface area contributed by atoms with Gasteiger partial charge in [0, 0.05) is 25.6 Å². The number of carbonyl (C=O) groups excluding carboxylic acids is 1. The Kier molecular flexibility index (Phi) is 9.45. The molecule has 1 aromatic rings. The summed E-state index contributed by atoms with van der Waals surface area (Å²) < 4.78 is 26.9. The fourth-order valence-electron chi connectivity index (χ4n) is 3.64. The maximum atomic E-state index is 12.7. The van der Waals surface area contributed by atoms with Crippen LogP contribution in [-0.2, 0) is 21.2 Å². The molecular weight excluding hydrogens is 372 g/mol. The van der Waals surface area contributed by atoms with Gasteiger partial charge in [-0.05, 0) is 50.3 Å². The first-order chi connectivity index (χ1) is 13.4. The minimum Gasteiger partial charge on any atom is -0.354 e. The van der Waals surface area contributed by atoms with Crippen molar-refractivity contribution in [3.8, 4) is 0 Å². The Balaban J connectivity index is 1.78. The Morgan fingerprint density at radius 3 is 2.39 bits per heavy atom. The minimum atomic E-state index is -3.39. The molecule has 0 spiro atoms. The molecule has 1 aliphatic heterocycles. The second-order valence-electron chi connectivity index (χ2n) is 7.93. The molecule has 1 heterocycles. The van der Waals surface area contributed by atoms with Crippen LogP contribution >= 0.6 is 0 Å². The van der Waals surface area contributed by atoms with E-state index in [0.717, 1.165) is 37.7 Å². The van der Waals surface area contributed by atoms with E-state index in [-0.39, 0.29) is 11.9 Å². The topological polar surface area (TPSA) is 66.5 Å². The van der Waals surface area contributed by atoms with E-state index in [1.807, 2.05) is 12.1 Å². The van der Waals surface area contributed by atoms with Crippen LogP contribution in [0.2, 0.25) is 0 Å². The molecule has 0 aliphatic carbocycles. The molecule has 1 atom stereocenters. The molecule has 0 bridgehead atoms. The molecule has 1 saturated heterocycles. The van der Waals surface area contributed by atoms with Gasteiger partial charge in [-0.3, -0.25) is 4.79 Å². The lowest BCUT2D eigenvalue weighted by atomic mass is 10.1. The quantitative estimate of drug-likeness (QED) is 0.556. The summed E-state index contributed by atoms with van der Waals surface area (Å²) in [5.41, 5.74) is 0.989. The number of rotatable bonds is 11. The van der Waals surface area contributed by atoms with Crippen LogP contribution in [0.5, 0.6) is 0 Å². The summed E-state index contributed by atoms with van der Waals surface area (Å²) >= 11 is 0. The summed E-state index contributed by atoms with van der Waals surface area (Å²) in [7, 11) is -3.39. The zero-order valence-electron chi connectivity index (χ0n) is 17.5. The Morgan fingerprint density at radius 2 is 1.75 bits per heavy atom. The molecule has 1 N–H and O–H groups in total. The number of hydrogen-bond donors (Lipinski definition) is 1. The van der Waals surface area contributed by atoms with E-state index < -0.39 is 10.0 Å². The molecule has 28 heavy (non-hydrogen) atoms. The Labute approximate surface area is 170 Å². The number of nitrogens with zero attached hydrogens (tertiary/aromatic N) is 1. The van der Waals surface area contributed by atoms with Crippen LogP contribution in [0.15, 0.2) is 29.2 Å². The van der Waals surface area contributed by atoms with Crippen molar-refractivity contribution in [2.75, 3.05) is 13.1 Å². The van der Waals surface area contributed by atoms with Crippen molar-refractivity contribution >= 4 is 15.9 Å². The van der Waals surface area contributed by atoms with Crippen LogP contribution in [0, 0.1) is 0 Å². The zero-order chi connectivity index (χ0) is 20.4. The number of sulfonamides is 1. The molecule has 0 radical (unpaired) electrons. The SMILES string of the molecule is CCCCCCC(C)NC(=O)CCc1ccc(S(=O)(=O)N2CCCCC2)cc1. The highest BCUT2D eigenvalue weighted by molar-refractivity contribution is 7.89. The van der Waals surface area contributed by atoms with Gasteiger partial charge in [0.2, 0.25) is 15.9 Å². The van der Waals surface area contributed by atoms with Gasteiger partial charge < -0.3 is 5.32 Å². The highest BCUT2D eigenvalue weighted by Gasteiger charge is 2.25. The van der Waals surface area contributed by atoms with E-state index >= 15 is 0 Å². The molecular formula is C22H36N2O3S. The molecule has 0 aromatic heterocycles. The highest BCUT2D eigenvalue weighted by atomic mass is 32.2. The van der Waals surface area contributed by atoms with Crippen LogP contribution in [-0.4, -0.2) is 37.8 Å². The van der Waals surface area contributed by atoms with Crippen molar-refractivity contribution in [2.24, 2.45) is 0 Å². The second kappa shape index (κ2) is 11.6. The third-order valence-electron chi connectivity index (χ3n) is 5.41. The number of piperidine rings is 1. The van der Waals surface area contributed by atoms with Crippen LogP contribution in [0.25, 0.3) is 0 Å². The number of nitrogens with one attached hydrogen (secondary N) is 1. The number of carbonyl (C=O) groups is 1. The van der Waals surface area contributed by atoms with E-state index in [9.17, 15) is 13.2 Å². The van der Waals surface area contributed by atoms with Crippen LogP contribution < -0.4 is 5.32 Å². The monoisotopic (exact) mass is 408 g/mol. The van der Waals surface area contributed by atoms with Gasteiger partial charge in [0.1, 0.15) is 0 Å². The molecule has 1 aromatic carbocycles. The fourth-order valence-corrected chi connectivity index (χ4v) is 5.15. The molecule has 158 valence electrons. The third kappa shape index (κ3) is 7.21. The summed E-state index contributed by atoms with van der Waals surface area (Å²) in [6.07, 6.45) is 9.90. The van der Waals surface area contributed by atoms with Crippen molar-refractivity contribution in [1.82, 2.24) is 9.62 Å². The van der Waals surface area contributed by atoms with Gasteiger partial charge in [-0.1, -0.05) is 51.2 Å². The molecule has 0 saturated carbocycles. The first-order valence-corrected chi connectivity index (χ1v) is 12.3. The minimum absolute atomic E-state index is 0.0630. The van der Waals surface area contributed by atoms with E-state index in [4.69, 9.17) is 0 Å². The first kappa shape index (κ1) is 22.9. The predicted molar refractivity (Wildman–Crippen MR) is 114 cm³/mol. The van der Waals surface area contributed by atoms with E-state index in [1.54, 1.807) is 16.4 Å². The van der Waals surface area contributed by atoms with E-state index in [1.165, 1.54) is 19.3 Å². The lowest BCUT2D eigenvalue weighted by Gasteiger charge is -2.25. The normalized spacial score (nSPS) is 16.6. The van der Waals surface area contributed by atoms with Crippen molar-refractivity contribution < 1.29 is 13.2 Å². The highest BCUT2D eigenvalue weighted by Crippen LogP contribution is 2.21. The van der Waals surface area contributed by atoms with Crippen molar-refractivity contribution in [3.05, 3.63) is 29.8 Å². The summed E-state index contributed by atoms with van der Waals surface area (Å²) in [5.74, 6) is 0.0630. The average Bonchev–Trinajstić information content (AvgIpc) is 2.70. The largest absolute Gasteiger partial charge is 0.354 e.